The first-order chi connectivity index (χ1) is 12.3. The number of ether oxygens (including phenoxy) is 3. The molecule has 8 heteroatoms. The van der Waals surface area contributed by atoms with E-state index < -0.39 is 0 Å². The molecule has 1 aromatic heterocycles. The third-order valence-corrected chi connectivity index (χ3v) is 4.22. The van der Waals surface area contributed by atoms with Crippen molar-refractivity contribution >= 4 is 29.9 Å². The standard InChI is InChI=1S/C18H30N4O3.HI/c1-19-18(20-14-15-6-4-7-17(21-15)24-3)22-10-8-16(9-11-22)25-13-5-12-23-2;/h4,6-7,16H,5,8-14H2,1-3H3,(H,19,20);1H. The van der Waals surface area contributed by atoms with Crippen molar-refractivity contribution in [3.05, 3.63) is 23.9 Å². The number of halogens is 1. The Morgan fingerprint density at radius 1 is 1.27 bits per heavy atom. The number of rotatable bonds is 8. The van der Waals surface area contributed by atoms with Gasteiger partial charge < -0.3 is 24.4 Å². The van der Waals surface area contributed by atoms with Gasteiger partial charge in [0.25, 0.3) is 0 Å². The van der Waals surface area contributed by atoms with Gasteiger partial charge in [-0.3, -0.25) is 4.99 Å². The van der Waals surface area contributed by atoms with E-state index in [2.05, 4.69) is 20.2 Å². The van der Waals surface area contributed by atoms with Gasteiger partial charge in [-0.2, -0.15) is 0 Å². The Kier molecular flexibility index (Phi) is 11.5. The summed E-state index contributed by atoms with van der Waals surface area (Å²) < 4.78 is 16.1. The second-order valence-corrected chi connectivity index (χ2v) is 5.98. The number of hydrogen-bond acceptors (Lipinski definition) is 5. The van der Waals surface area contributed by atoms with Crippen LogP contribution in [0.25, 0.3) is 0 Å². The van der Waals surface area contributed by atoms with Crippen LogP contribution in [0.4, 0.5) is 0 Å². The Morgan fingerprint density at radius 2 is 2.04 bits per heavy atom. The Morgan fingerprint density at radius 3 is 2.69 bits per heavy atom. The molecule has 0 spiro atoms. The van der Waals surface area contributed by atoms with Crippen molar-refractivity contribution in [1.82, 2.24) is 15.2 Å². The minimum Gasteiger partial charge on any atom is -0.481 e. The largest absolute Gasteiger partial charge is 0.481 e. The first kappa shape index (κ1) is 22.9. The molecule has 0 bridgehead atoms. The molecule has 0 amide bonds. The number of hydrogen-bond donors (Lipinski definition) is 1. The number of nitrogens with one attached hydrogen (secondary N) is 1. The first-order valence-electron chi connectivity index (χ1n) is 8.83. The molecule has 0 aromatic carbocycles. The molecular weight excluding hydrogens is 447 g/mol. The van der Waals surface area contributed by atoms with Crippen LogP contribution in [0.5, 0.6) is 5.88 Å². The number of guanidine groups is 1. The fraction of sp³-hybridized carbons (Fsp3) is 0.667. The van der Waals surface area contributed by atoms with Gasteiger partial charge in [0.1, 0.15) is 0 Å². The van der Waals surface area contributed by atoms with Crippen molar-refractivity contribution in [2.24, 2.45) is 4.99 Å². The highest BCUT2D eigenvalue weighted by atomic mass is 127. The molecule has 0 aliphatic carbocycles. The molecule has 1 aliphatic rings. The smallest absolute Gasteiger partial charge is 0.213 e. The van der Waals surface area contributed by atoms with Crippen molar-refractivity contribution in [2.75, 3.05) is 47.6 Å². The lowest BCUT2D eigenvalue weighted by Gasteiger charge is -2.34. The monoisotopic (exact) mass is 478 g/mol. The van der Waals surface area contributed by atoms with Crippen LogP contribution in [0.1, 0.15) is 25.0 Å². The fourth-order valence-electron chi connectivity index (χ4n) is 2.86. The predicted octanol–water partition coefficient (Wildman–Crippen LogP) is 2.30. The van der Waals surface area contributed by atoms with E-state index in [1.54, 1.807) is 14.2 Å². The molecule has 26 heavy (non-hydrogen) atoms. The van der Waals surface area contributed by atoms with Crippen molar-refractivity contribution in [1.29, 1.82) is 0 Å². The van der Waals surface area contributed by atoms with Crippen LogP contribution in [0.15, 0.2) is 23.2 Å². The summed E-state index contributed by atoms with van der Waals surface area (Å²) in [7, 11) is 5.16. The second kappa shape index (κ2) is 13.1. The molecule has 2 heterocycles. The maximum atomic E-state index is 5.91. The molecule has 1 aliphatic heterocycles. The zero-order chi connectivity index (χ0) is 17.9. The molecule has 0 radical (unpaired) electrons. The lowest BCUT2D eigenvalue weighted by molar-refractivity contribution is 0.00989. The van der Waals surface area contributed by atoms with Gasteiger partial charge in [0.15, 0.2) is 5.96 Å². The van der Waals surface area contributed by atoms with E-state index in [0.29, 0.717) is 18.5 Å². The Labute approximate surface area is 173 Å². The second-order valence-electron chi connectivity index (χ2n) is 5.98. The van der Waals surface area contributed by atoms with Crippen LogP contribution >= 0.6 is 24.0 Å². The van der Waals surface area contributed by atoms with Gasteiger partial charge in [0.2, 0.25) is 5.88 Å². The molecule has 1 saturated heterocycles. The van der Waals surface area contributed by atoms with E-state index in [1.165, 1.54) is 0 Å². The summed E-state index contributed by atoms with van der Waals surface area (Å²) in [5.41, 5.74) is 0.928. The fourth-order valence-corrected chi connectivity index (χ4v) is 2.86. The molecule has 1 aromatic rings. The van der Waals surface area contributed by atoms with Gasteiger partial charge in [0, 0.05) is 46.5 Å². The van der Waals surface area contributed by atoms with E-state index >= 15 is 0 Å². The summed E-state index contributed by atoms with van der Waals surface area (Å²) in [5.74, 6) is 1.53. The van der Waals surface area contributed by atoms with E-state index in [1.807, 2.05) is 25.2 Å². The maximum absolute atomic E-state index is 5.91. The van der Waals surface area contributed by atoms with Gasteiger partial charge in [-0.15, -0.1) is 24.0 Å². The van der Waals surface area contributed by atoms with Gasteiger partial charge in [-0.1, -0.05) is 6.07 Å². The first-order valence-corrected chi connectivity index (χ1v) is 8.83. The van der Waals surface area contributed by atoms with Crippen molar-refractivity contribution in [3.63, 3.8) is 0 Å². The highest BCUT2D eigenvalue weighted by Crippen LogP contribution is 2.14. The van der Waals surface area contributed by atoms with Crippen LogP contribution in [0, 0.1) is 0 Å². The Bertz CT molecular complexity index is 537. The quantitative estimate of drug-likeness (QED) is 0.268. The molecule has 0 unspecified atom stereocenters. The highest BCUT2D eigenvalue weighted by Gasteiger charge is 2.21. The maximum Gasteiger partial charge on any atom is 0.213 e. The van der Waals surface area contributed by atoms with Crippen LogP contribution in [0.3, 0.4) is 0 Å². The van der Waals surface area contributed by atoms with Gasteiger partial charge in [0.05, 0.1) is 25.5 Å². The SMILES string of the molecule is CN=C(NCc1cccc(OC)n1)N1CCC(OCCCOC)CC1.I. The molecule has 1 fully saturated rings. The Hall–Kier alpha value is -1.13. The van der Waals surface area contributed by atoms with Crippen molar-refractivity contribution in [3.8, 4) is 5.88 Å². The molecule has 148 valence electrons. The third kappa shape index (κ3) is 7.63. The number of methoxy groups -OCH3 is 2. The van der Waals surface area contributed by atoms with Crippen LogP contribution in [0.2, 0.25) is 0 Å². The van der Waals surface area contributed by atoms with Crippen LogP contribution < -0.4 is 10.1 Å². The molecule has 1 N–H and O–H groups in total. The summed E-state index contributed by atoms with van der Waals surface area (Å²) in [6, 6.07) is 5.76. The van der Waals surface area contributed by atoms with Gasteiger partial charge in [-0.25, -0.2) is 4.98 Å². The lowest BCUT2D eigenvalue weighted by atomic mass is 10.1. The molecule has 0 atom stereocenters. The van der Waals surface area contributed by atoms with E-state index in [-0.39, 0.29) is 24.0 Å². The molecular formula is C18H31IN4O3. The number of aromatic nitrogens is 1. The van der Waals surface area contributed by atoms with Gasteiger partial charge >= 0.3 is 0 Å². The lowest BCUT2D eigenvalue weighted by Crippen LogP contribution is -2.46. The normalized spacial score (nSPS) is 15.5. The zero-order valence-corrected chi connectivity index (χ0v) is 18.3. The van der Waals surface area contributed by atoms with Crippen LogP contribution in [-0.4, -0.2) is 69.5 Å². The number of pyridine rings is 1. The van der Waals surface area contributed by atoms with E-state index in [9.17, 15) is 0 Å². The average Bonchev–Trinajstić information content (AvgIpc) is 2.67. The number of aliphatic imine (C=N–C) groups is 1. The zero-order valence-electron chi connectivity index (χ0n) is 15.9. The Balaban J connectivity index is 0.00000338. The predicted molar refractivity (Wildman–Crippen MR) is 113 cm³/mol. The number of likely N-dealkylation sites (tertiary alicyclic amines) is 1. The van der Waals surface area contributed by atoms with Crippen molar-refractivity contribution in [2.45, 2.75) is 31.9 Å². The minimum absolute atomic E-state index is 0. The highest BCUT2D eigenvalue weighted by molar-refractivity contribution is 14.0. The number of piperidine rings is 1. The molecule has 7 nitrogen and oxygen atoms in total. The van der Waals surface area contributed by atoms with Gasteiger partial charge in [-0.05, 0) is 25.3 Å². The molecule has 0 saturated carbocycles. The average molecular weight is 478 g/mol. The minimum atomic E-state index is 0. The number of nitrogens with zero attached hydrogens (tertiary/aromatic N) is 3. The van der Waals surface area contributed by atoms with Crippen molar-refractivity contribution < 1.29 is 14.2 Å². The third-order valence-electron chi connectivity index (χ3n) is 4.22. The summed E-state index contributed by atoms with van der Waals surface area (Å²) in [4.78, 5) is 11.1. The topological polar surface area (TPSA) is 68.2 Å². The van der Waals surface area contributed by atoms with E-state index in [4.69, 9.17) is 14.2 Å². The summed E-state index contributed by atoms with van der Waals surface area (Å²) in [6.07, 6.45) is 3.33. The van der Waals surface area contributed by atoms with E-state index in [0.717, 1.165) is 57.2 Å². The summed E-state index contributed by atoms with van der Waals surface area (Å²) in [6.45, 7) is 4.04. The van der Waals surface area contributed by atoms with Crippen LogP contribution in [-0.2, 0) is 16.0 Å². The molecule has 2 rings (SSSR count). The summed E-state index contributed by atoms with van der Waals surface area (Å²) >= 11 is 0. The summed E-state index contributed by atoms with van der Waals surface area (Å²) in [5, 5.41) is 3.38.